The number of hydrogen-bond acceptors (Lipinski definition) is 3. The molecule has 1 fully saturated rings. The number of benzene rings is 1. The minimum atomic E-state index is -0.377. The molecule has 0 aromatic heterocycles. The molecule has 1 aliphatic carbocycles. The van der Waals surface area contributed by atoms with Crippen LogP contribution in [0, 0.1) is 18.3 Å². The summed E-state index contributed by atoms with van der Waals surface area (Å²) in [4.78, 5) is 0. The third kappa shape index (κ3) is 2.82. The van der Waals surface area contributed by atoms with Crippen LogP contribution in [0.3, 0.4) is 0 Å². The summed E-state index contributed by atoms with van der Waals surface area (Å²) in [5.41, 5.74) is 2.14. The van der Waals surface area contributed by atoms with Gasteiger partial charge in [-0.2, -0.15) is 0 Å². The molecule has 0 bridgehead atoms. The van der Waals surface area contributed by atoms with E-state index in [9.17, 15) is 10.2 Å². The molecule has 3 rings (SSSR count). The van der Waals surface area contributed by atoms with E-state index in [0.29, 0.717) is 5.92 Å². The van der Waals surface area contributed by atoms with Crippen molar-refractivity contribution in [1.82, 2.24) is 0 Å². The molecule has 0 radical (unpaired) electrons. The zero-order chi connectivity index (χ0) is 14.9. The van der Waals surface area contributed by atoms with E-state index in [2.05, 4.69) is 19.1 Å². The second-order valence-corrected chi connectivity index (χ2v) is 6.92. The first kappa shape index (κ1) is 14.9. The van der Waals surface area contributed by atoms with Gasteiger partial charge in [-0.25, -0.2) is 0 Å². The Kier molecular flexibility index (Phi) is 4.23. The van der Waals surface area contributed by atoms with Gasteiger partial charge < -0.3 is 14.9 Å². The average Bonchev–Trinajstić information content (AvgIpc) is 3.13. The highest BCUT2D eigenvalue weighted by molar-refractivity contribution is 5.40. The smallest absolute Gasteiger partial charge is 0.123 e. The summed E-state index contributed by atoms with van der Waals surface area (Å²) in [6.07, 6.45) is 6.42. The molecule has 1 heterocycles. The molecule has 116 valence electrons. The van der Waals surface area contributed by atoms with Gasteiger partial charge in [-0.15, -0.1) is 0 Å². The van der Waals surface area contributed by atoms with Crippen molar-refractivity contribution >= 4 is 0 Å². The van der Waals surface area contributed by atoms with Crippen LogP contribution in [0.2, 0.25) is 0 Å². The first-order chi connectivity index (χ1) is 10.2. The van der Waals surface area contributed by atoms with Crippen molar-refractivity contribution in [3.63, 3.8) is 0 Å². The Hall–Kier alpha value is -1.06. The fraction of sp³-hybridized carbons (Fsp3) is 0.667. The van der Waals surface area contributed by atoms with E-state index in [1.165, 1.54) is 24.0 Å². The fourth-order valence-electron chi connectivity index (χ4n) is 4.16. The average molecular weight is 290 g/mol. The highest BCUT2D eigenvalue weighted by Crippen LogP contribution is 2.44. The maximum atomic E-state index is 9.94. The van der Waals surface area contributed by atoms with Crippen molar-refractivity contribution in [2.24, 2.45) is 11.3 Å². The first-order valence-electron chi connectivity index (χ1n) is 8.15. The molecule has 1 unspecified atom stereocenters. The quantitative estimate of drug-likeness (QED) is 0.876. The van der Waals surface area contributed by atoms with E-state index in [1.807, 2.05) is 6.07 Å². The molecular formula is C18H26O3. The van der Waals surface area contributed by atoms with Crippen LogP contribution in [0.25, 0.3) is 0 Å². The second-order valence-electron chi connectivity index (χ2n) is 6.92. The molecule has 1 aromatic rings. The number of rotatable bonds is 5. The van der Waals surface area contributed by atoms with Gasteiger partial charge in [0.2, 0.25) is 0 Å². The lowest BCUT2D eigenvalue weighted by molar-refractivity contribution is -0.0246. The summed E-state index contributed by atoms with van der Waals surface area (Å²) in [5, 5.41) is 19.9. The van der Waals surface area contributed by atoms with E-state index in [4.69, 9.17) is 4.74 Å². The summed E-state index contributed by atoms with van der Waals surface area (Å²) in [7, 11) is 0. The molecule has 1 aromatic carbocycles. The van der Waals surface area contributed by atoms with Gasteiger partial charge >= 0.3 is 0 Å². The Morgan fingerprint density at radius 1 is 1.19 bits per heavy atom. The van der Waals surface area contributed by atoms with Gasteiger partial charge in [0.25, 0.3) is 0 Å². The number of aliphatic hydroxyl groups excluding tert-OH is 2. The highest BCUT2D eigenvalue weighted by atomic mass is 16.5. The number of aliphatic hydroxyl groups is 2. The Morgan fingerprint density at radius 2 is 1.90 bits per heavy atom. The molecule has 2 aliphatic rings. The Morgan fingerprint density at radius 3 is 2.57 bits per heavy atom. The number of fused-ring (bicyclic) bond motifs is 1. The Bertz CT molecular complexity index is 487. The predicted octanol–water partition coefficient (Wildman–Crippen LogP) is 2.85. The predicted molar refractivity (Wildman–Crippen MR) is 82.5 cm³/mol. The van der Waals surface area contributed by atoms with Crippen molar-refractivity contribution in [3.8, 4) is 5.75 Å². The normalized spacial score (nSPS) is 22.3. The summed E-state index contributed by atoms with van der Waals surface area (Å²) in [5.74, 6) is 1.41. The molecule has 0 saturated heterocycles. The van der Waals surface area contributed by atoms with Gasteiger partial charge in [-0.1, -0.05) is 30.5 Å². The van der Waals surface area contributed by atoms with Crippen LogP contribution in [0.4, 0.5) is 0 Å². The van der Waals surface area contributed by atoms with Crippen LogP contribution in [-0.4, -0.2) is 29.5 Å². The third-order valence-corrected chi connectivity index (χ3v) is 5.44. The minimum absolute atomic E-state index is 0.0589. The highest BCUT2D eigenvalue weighted by Gasteiger charge is 2.42. The molecule has 1 atom stereocenters. The maximum absolute atomic E-state index is 9.94. The van der Waals surface area contributed by atoms with Gasteiger partial charge in [-0.3, -0.25) is 0 Å². The minimum Gasteiger partial charge on any atom is -0.490 e. The molecule has 3 nitrogen and oxygen atoms in total. The largest absolute Gasteiger partial charge is 0.490 e. The zero-order valence-electron chi connectivity index (χ0n) is 12.8. The van der Waals surface area contributed by atoms with Gasteiger partial charge in [-0.05, 0) is 43.7 Å². The molecule has 1 aliphatic heterocycles. The third-order valence-electron chi connectivity index (χ3n) is 5.44. The summed E-state index contributed by atoms with van der Waals surface area (Å²) >= 11 is 0. The van der Waals surface area contributed by atoms with Gasteiger partial charge in [0, 0.05) is 11.8 Å². The second kappa shape index (κ2) is 5.98. The lowest BCUT2D eigenvalue weighted by Crippen LogP contribution is -2.41. The summed E-state index contributed by atoms with van der Waals surface area (Å²) in [6.45, 7) is 2.21. The molecule has 1 saturated carbocycles. The van der Waals surface area contributed by atoms with Gasteiger partial charge in [0.1, 0.15) is 11.9 Å². The molecule has 2 N–H and O–H groups in total. The van der Waals surface area contributed by atoms with E-state index < -0.39 is 0 Å². The van der Waals surface area contributed by atoms with Gasteiger partial charge in [0.15, 0.2) is 0 Å². The Balaban J connectivity index is 1.73. The molecule has 21 heavy (non-hydrogen) atoms. The van der Waals surface area contributed by atoms with Crippen LogP contribution in [0.5, 0.6) is 5.75 Å². The lowest BCUT2D eigenvalue weighted by Gasteiger charge is -2.37. The van der Waals surface area contributed by atoms with Crippen molar-refractivity contribution < 1.29 is 14.9 Å². The van der Waals surface area contributed by atoms with Crippen LogP contribution < -0.4 is 4.74 Å². The summed E-state index contributed by atoms with van der Waals surface area (Å²) < 4.78 is 6.06. The van der Waals surface area contributed by atoms with Crippen LogP contribution in [0.1, 0.15) is 43.2 Å². The van der Waals surface area contributed by atoms with E-state index >= 15 is 0 Å². The topological polar surface area (TPSA) is 49.7 Å². The molecule has 0 spiro atoms. The van der Waals surface area contributed by atoms with Crippen molar-refractivity contribution in [1.29, 1.82) is 0 Å². The van der Waals surface area contributed by atoms with Crippen molar-refractivity contribution in [2.75, 3.05) is 13.2 Å². The van der Waals surface area contributed by atoms with Crippen LogP contribution >= 0.6 is 0 Å². The Labute approximate surface area is 127 Å². The van der Waals surface area contributed by atoms with Crippen LogP contribution in [0.15, 0.2) is 18.2 Å². The summed E-state index contributed by atoms with van der Waals surface area (Å²) in [6, 6.07) is 6.30. The SMILES string of the molecule is Cc1ccc2c(c1)CC(CC(CO)(CO)C1CCCC1)O2. The first-order valence-corrected chi connectivity index (χ1v) is 8.15. The molecular weight excluding hydrogens is 264 g/mol. The van der Waals surface area contributed by atoms with E-state index in [0.717, 1.165) is 31.4 Å². The zero-order valence-corrected chi connectivity index (χ0v) is 12.8. The molecule has 3 heteroatoms. The van der Waals surface area contributed by atoms with Gasteiger partial charge in [0.05, 0.1) is 13.2 Å². The number of aryl methyl sites for hydroxylation is 1. The standard InChI is InChI=1S/C18H26O3/c1-13-6-7-17-14(8-13)9-16(21-17)10-18(11-19,12-20)15-4-2-3-5-15/h6-8,15-16,19-20H,2-5,9-12H2,1H3. The van der Waals surface area contributed by atoms with E-state index in [-0.39, 0.29) is 24.7 Å². The van der Waals surface area contributed by atoms with Crippen molar-refractivity contribution in [3.05, 3.63) is 29.3 Å². The molecule has 0 amide bonds. The monoisotopic (exact) mass is 290 g/mol. The number of hydrogen-bond donors (Lipinski definition) is 2. The fourth-order valence-corrected chi connectivity index (χ4v) is 4.16. The lowest BCUT2D eigenvalue weighted by atomic mass is 9.71. The maximum Gasteiger partial charge on any atom is 0.123 e. The van der Waals surface area contributed by atoms with Crippen LogP contribution in [-0.2, 0) is 6.42 Å². The van der Waals surface area contributed by atoms with Crippen molar-refractivity contribution in [2.45, 2.75) is 51.6 Å². The number of ether oxygens (including phenoxy) is 1. The van der Waals surface area contributed by atoms with E-state index in [1.54, 1.807) is 0 Å².